The zero-order chi connectivity index (χ0) is 13.2. The van der Waals surface area contributed by atoms with Gasteiger partial charge in [0.05, 0.1) is 10.8 Å². The minimum absolute atomic E-state index is 0.158. The number of aliphatic carboxylic acids is 1. The molecular weight excluding hydrogens is 290 g/mol. The quantitative estimate of drug-likeness (QED) is 0.684. The third-order valence-corrected chi connectivity index (χ3v) is 2.95. The van der Waals surface area contributed by atoms with E-state index in [1.54, 1.807) is 13.8 Å². The van der Waals surface area contributed by atoms with Gasteiger partial charge in [-0.05, 0) is 18.1 Å². The summed E-state index contributed by atoms with van der Waals surface area (Å²) in [6, 6.07) is 4.34. The van der Waals surface area contributed by atoms with Crippen LogP contribution in [-0.4, -0.2) is 16.0 Å². The summed E-state index contributed by atoms with van der Waals surface area (Å²) >= 11 is 3.20. The topological polar surface area (TPSA) is 80.4 Å². The first-order valence-electron chi connectivity index (χ1n) is 5.01. The summed E-state index contributed by atoms with van der Waals surface area (Å²) in [5, 5.41) is 20.0. The fourth-order valence-electron chi connectivity index (χ4n) is 1.72. The smallest absolute Gasteiger partial charge is 0.311 e. The molecule has 0 spiro atoms. The van der Waals surface area contributed by atoms with E-state index in [0.717, 1.165) is 0 Å². The van der Waals surface area contributed by atoms with Crippen molar-refractivity contribution in [3.63, 3.8) is 0 Å². The van der Waals surface area contributed by atoms with Crippen LogP contribution in [0.2, 0.25) is 0 Å². The van der Waals surface area contributed by atoms with Crippen molar-refractivity contribution in [3.8, 4) is 0 Å². The first-order valence-corrected chi connectivity index (χ1v) is 5.80. The molecule has 0 aromatic heterocycles. The number of benzene rings is 1. The van der Waals surface area contributed by atoms with E-state index in [2.05, 4.69) is 15.9 Å². The lowest BCUT2D eigenvalue weighted by Crippen LogP contribution is -2.18. The Morgan fingerprint density at radius 3 is 2.47 bits per heavy atom. The largest absolute Gasteiger partial charge is 0.481 e. The number of rotatable bonds is 4. The fourth-order valence-corrected chi connectivity index (χ4v) is 2.10. The molecule has 1 unspecified atom stereocenters. The van der Waals surface area contributed by atoms with Gasteiger partial charge in [0, 0.05) is 16.1 Å². The molecule has 0 aliphatic carbocycles. The Bertz CT molecular complexity index is 459. The van der Waals surface area contributed by atoms with Crippen molar-refractivity contribution in [1.29, 1.82) is 0 Å². The number of hydrogen-bond acceptors (Lipinski definition) is 3. The summed E-state index contributed by atoms with van der Waals surface area (Å²) in [5.74, 6) is -2.16. The number of nitro benzene ring substituents is 1. The third kappa shape index (κ3) is 3.03. The molecule has 92 valence electrons. The first kappa shape index (κ1) is 13.6. The molecule has 0 saturated carbocycles. The average Bonchev–Trinajstić information content (AvgIpc) is 2.15. The van der Waals surface area contributed by atoms with Gasteiger partial charge in [-0.3, -0.25) is 14.9 Å². The van der Waals surface area contributed by atoms with Crippen molar-refractivity contribution in [1.82, 2.24) is 0 Å². The minimum atomic E-state index is -1.05. The Balaban J connectivity index is 3.40. The second-order valence-corrected chi connectivity index (χ2v) is 4.94. The van der Waals surface area contributed by atoms with Crippen LogP contribution in [0.5, 0.6) is 0 Å². The Labute approximate surface area is 107 Å². The number of hydrogen-bond donors (Lipinski definition) is 1. The second-order valence-electron chi connectivity index (χ2n) is 4.02. The monoisotopic (exact) mass is 301 g/mol. The summed E-state index contributed by atoms with van der Waals surface area (Å²) in [6.07, 6.45) is 0. The molecule has 0 heterocycles. The number of nitrogens with zero attached hydrogens (tertiary/aromatic N) is 1. The molecule has 1 atom stereocenters. The maximum Gasteiger partial charge on any atom is 0.311 e. The molecule has 6 heteroatoms. The highest BCUT2D eigenvalue weighted by atomic mass is 79.9. The molecule has 0 aliphatic rings. The van der Waals surface area contributed by atoms with Crippen LogP contribution in [0.4, 0.5) is 5.69 Å². The van der Waals surface area contributed by atoms with Crippen molar-refractivity contribution in [2.45, 2.75) is 19.8 Å². The Morgan fingerprint density at radius 2 is 2.06 bits per heavy atom. The van der Waals surface area contributed by atoms with Crippen molar-refractivity contribution >= 4 is 27.6 Å². The molecule has 0 fully saturated rings. The van der Waals surface area contributed by atoms with E-state index in [-0.39, 0.29) is 17.2 Å². The average molecular weight is 302 g/mol. The zero-order valence-corrected chi connectivity index (χ0v) is 11.0. The standard InChI is InChI=1S/C11H12BrNO4/c1-6(2)10(11(14)15)8-5-7(12)3-4-9(8)13(16)17/h3-6,10H,1-2H3,(H,14,15). The fraction of sp³-hybridized carbons (Fsp3) is 0.364. The highest BCUT2D eigenvalue weighted by Gasteiger charge is 2.30. The maximum absolute atomic E-state index is 11.2. The number of carbonyl (C=O) groups is 1. The lowest BCUT2D eigenvalue weighted by Gasteiger charge is -2.16. The van der Waals surface area contributed by atoms with Crippen LogP contribution in [0.3, 0.4) is 0 Å². The van der Waals surface area contributed by atoms with Crippen LogP contribution >= 0.6 is 15.9 Å². The van der Waals surface area contributed by atoms with Gasteiger partial charge >= 0.3 is 5.97 Å². The van der Waals surface area contributed by atoms with Crippen molar-refractivity contribution < 1.29 is 14.8 Å². The number of carboxylic acid groups (broad SMARTS) is 1. The van der Waals surface area contributed by atoms with E-state index in [1.807, 2.05) is 0 Å². The molecule has 0 bridgehead atoms. The van der Waals surface area contributed by atoms with Gasteiger partial charge in [-0.15, -0.1) is 0 Å². The van der Waals surface area contributed by atoms with E-state index >= 15 is 0 Å². The van der Waals surface area contributed by atoms with Crippen molar-refractivity contribution in [3.05, 3.63) is 38.3 Å². The molecule has 1 N–H and O–H groups in total. The maximum atomic E-state index is 11.2. The van der Waals surface area contributed by atoms with Crippen LogP contribution < -0.4 is 0 Å². The lowest BCUT2D eigenvalue weighted by molar-refractivity contribution is -0.385. The lowest BCUT2D eigenvalue weighted by atomic mass is 9.87. The van der Waals surface area contributed by atoms with Gasteiger partial charge in [0.25, 0.3) is 5.69 Å². The molecule has 0 saturated heterocycles. The molecular formula is C11H12BrNO4. The molecule has 1 aromatic rings. The van der Waals surface area contributed by atoms with E-state index in [4.69, 9.17) is 5.11 Å². The van der Waals surface area contributed by atoms with Crippen LogP contribution in [-0.2, 0) is 4.79 Å². The van der Waals surface area contributed by atoms with Crippen molar-refractivity contribution in [2.75, 3.05) is 0 Å². The summed E-state index contributed by atoms with van der Waals surface area (Å²) in [7, 11) is 0. The molecule has 1 rings (SSSR count). The molecule has 1 aromatic carbocycles. The predicted octanol–water partition coefficient (Wildman–Crippen LogP) is 3.18. The SMILES string of the molecule is CC(C)C(C(=O)O)c1cc(Br)ccc1[N+](=O)[O-]. The first-order chi connectivity index (χ1) is 7.84. The van der Waals surface area contributed by atoms with Gasteiger partial charge in [-0.2, -0.15) is 0 Å². The molecule has 0 radical (unpaired) electrons. The second kappa shape index (κ2) is 5.27. The van der Waals surface area contributed by atoms with E-state index < -0.39 is 16.8 Å². The summed E-state index contributed by atoms with van der Waals surface area (Å²) in [6.45, 7) is 3.45. The van der Waals surface area contributed by atoms with E-state index in [9.17, 15) is 14.9 Å². The molecule has 0 amide bonds. The van der Waals surface area contributed by atoms with Crippen LogP contribution in [0.1, 0.15) is 25.3 Å². The Morgan fingerprint density at radius 1 is 1.47 bits per heavy atom. The van der Waals surface area contributed by atoms with E-state index in [1.165, 1.54) is 18.2 Å². The summed E-state index contributed by atoms with van der Waals surface area (Å²) < 4.78 is 0.630. The van der Waals surface area contributed by atoms with Crippen LogP contribution in [0, 0.1) is 16.0 Å². The Hall–Kier alpha value is -1.43. The zero-order valence-electron chi connectivity index (χ0n) is 9.38. The van der Waals surface area contributed by atoms with Gasteiger partial charge < -0.3 is 5.11 Å². The van der Waals surface area contributed by atoms with Crippen LogP contribution in [0.25, 0.3) is 0 Å². The van der Waals surface area contributed by atoms with Crippen LogP contribution in [0.15, 0.2) is 22.7 Å². The third-order valence-electron chi connectivity index (χ3n) is 2.45. The Kier molecular flexibility index (Phi) is 4.22. The van der Waals surface area contributed by atoms with Gasteiger partial charge in [-0.1, -0.05) is 29.8 Å². The van der Waals surface area contributed by atoms with Crippen molar-refractivity contribution in [2.24, 2.45) is 5.92 Å². The molecule has 0 aliphatic heterocycles. The van der Waals surface area contributed by atoms with Gasteiger partial charge in [0.2, 0.25) is 0 Å². The van der Waals surface area contributed by atoms with Gasteiger partial charge in [-0.25, -0.2) is 0 Å². The highest BCUT2D eigenvalue weighted by molar-refractivity contribution is 9.10. The van der Waals surface area contributed by atoms with Gasteiger partial charge in [0.1, 0.15) is 0 Å². The number of nitro groups is 1. The number of carboxylic acids is 1. The molecule has 17 heavy (non-hydrogen) atoms. The minimum Gasteiger partial charge on any atom is -0.481 e. The summed E-state index contributed by atoms with van der Waals surface area (Å²) in [5.41, 5.74) is 0.0705. The van der Waals surface area contributed by atoms with E-state index in [0.29, 0.717) is 4.47 Å². The predicted molar refractivity (Wildman–Crippen MR) is 66.0 cm³/mol. The summed E-state index contributed by atoms with van der Waals surface area (Å²) in [4.78, 5) is 21.5. The highest BCUT2D eigenvalue weighted by Crippen LogP contribution is 2.34. The normalized spacial score (nSPS) is 12.5. The van der Waals surface area contributed by atoms with Gasteiger partial charge in [0.15, 0.2) is 0 Å². The molecule has 5 nitrogen and oxygen atoms in total. The number of halogens is 1.